The Balaban J connectivity index is 2.94. The molecule has 0 radical (unpaired) electrons. The van der Waals surface area contributed by atoms with Gasteiger partial charge >= 0.3 is 5.97 Å². The molecule has 5 nitrogen and oxygen atoms in total. The van der Waals surface area contributed by atoms with Crippen molar-refractivity contribution in [2.45, 2.75) is 38.2 Å². The van der Waals surface area contributed by atoms with Gasteiger partial charge < -0.3 is 9.52 Å². The van der Waals surface area contributed by atoms with Crippen LogP contribution in [0.3, 0.4) is 0 Å². The van der Waals surface area contributed by atoms with E-state index in [2.05, 4.69) is 0 Å². The normalized spacial score (nSPS) is 14.4. The Kier molecular flexibility index (Phi) is 4.21. The first-order valence-electron chi connectivity index (χ1n) is 5.58. The zero-order chi connectivity index (χ0) is 14.0. The minimum absolute atomic E-state index is 0.0748. The summed E-state index contributed by atoms with van der Waals surface area (Å²) in [5.41, 5.74) is -0.376. The van der Waals surface area contributed by atoms with Gasteiger partial charge in [-0.2, -0.15) is 0 Å². The second-order valence-electron chi connectivity index (χ2n) is 5.48. The van der Waals surface area contributed by atoms with Gasteiger partial charge in [-0.3, -0.25) is 4.79 Å². The van der Waals surface area contributed by atoms with Crippen molar-refractivity contribution in [3.63, 3.8) is 0 Å². The molecular weight excluding hydrogens is 256 g/mol. The Morgan fingerprint density at radius 1 is 1.44 bits per heavy atom. The summed E-state index contributed by atoms with van der Waals surface area (Å²) in [4.78, 5) is 11.1. The molecule has 0 saturated heterocycles. The Labute approximate surface area is 107 Å². The second kappa shape index (κ2) is 5.14. The molecule has 0 aliphatic rings. The molecule has 0 aromatic carbocycles. The second-order valence-corrected chi connectivity index (χ2v) is 7.66. The molecule has 18 heavy (non-hydrogen) atoms. The summed E-state index contributed by atoms with van der Waals surface area (Å²) < 4.78 is 29.1. The molecule has 6 heteroatoms. The van der Waals surface area contributed by atoms with Crippen molar-refractivity contribution >= 4 is 15.8 Å². The fraction of sp³-hybridized carbons (Fsp3) is 0.583. The summed E-state index contributed by atoms with van der Waals surface area (Å²) in [5, 5.41) is 7.69. The van der Waals surface area contributed by atoms with Crippen LogP contribution in [0.2, 0.25) is 0 Å². The highest BCUT2D eigenvalue weighted by Crippen LogP contribution is 2.26. The van der Waals surface area contributed by atoms with Crippen molar-refractivity contribution in [2.24, 2.45) is 5.41 Å². The first kappa shape index (κ1) is 14.8. The molecule has 0 aliphatic heterocycles. The fourth-order valence-electron chi connectivity index (χ4n) is 1.62. The molecule has 1 unspecified atom stereocenters. The summed E-state index contributed by atoms with van der Waals surface area (Å²) in [6.07, 6.45) is 1.44. The Bertz CT molecular complexity index is 493. The number of furan rings is 1. The van der Waals surface area contributed by atoms with Crippen LogP contribution in [0.15, 0.2) is 22.8 Å². The fourth-order valence-corrected chi connectivity index (χ4v) is 3.44. The van der Waals surface area contributed by atoms with Crippen LogP contribution in [0.25, 0.3) is 0 Å². The molecule has 1 rings (SSSR count). The lowest BCUT2D eigenvalue weighted by Gasteiger charge is -2.22. The molecule has 0 amide bonds. The highest BCUT2D eigenvalue weighted by atomic mass is 32.2. The van der Waals surface area contributed by atoms with Crippen molar-refractivity contribution in [2.75, 3.05) is 0 Å². The molecule has 0 aliphatic carbocycles. The quantitative estimate of drug-likeness (QED) is 0.888. The number of rotatable bonds is 5. The molecule has 1 heterocycles. The highest BCUT2D eigenvalue weighted by Gasteiger charge is 2.36. The van der Waals surface area contributed by atoms with Crippen LogP contribution in [-0.2, 0) is 20.4 Å². The lowest BCUT2D eigenvalue weighted by atomic mass is 9.90. The molecule has 1 aromatic heterocycles. The van der Waals surface area contributed by atoms with E-state index in [1.807, 2.05) is 20.8 Å². The Hall–Kier alpha value is -1.30. The third-order valence-electron chi connectivity index (χ3n) is 2.43. The Morgan fingerprint density at radius 3 is 2.44 bits per heavy atom. The zero-order valence-corrected chi connectivity index (χ0v) is 11.5. The highest BCUT2D eigenvalue weighted by molar-refractivity contribution is 7.92. The van der Waals surface area contributed by atoms with Crippen LogP contribution < -0.4 is 0 Å². The van der Waals surface area contributed by atoms with E-state index < -0.39 is 21.1 Å². The van der Waals surface area contributed by atoms with Gasteiger partial charge in [-0.05, 0) is 24.0 Å². The average molecular weight is 274 g/mol. The van der Waals surface area contributed by atoms with E-state index in [1.54, 1.807) is 6.07 Å². The molecule has 1 aromatic rings. The van der Waals surface area contributed by atoms with Crippen LogP contribution in [0.4, 0.5) is 0 Å². The molecular formula is C12H18O5S. The Morgan fingerprint density at radius 2 is 2.06 bits per heavy atom. The van der Waals surface area contributed by atoms with Gasteiger partial charge in [0, 0.05) is 0 Å². The van der Waals surface area contributed by atoms with E-state index in [9.17, 15) is 13.2 Å². The lowest BCUT2D eigenvalue weighted by molar-refractivity contribution is -0.137. The lowest BCUT2D eigenvalue weighted by Crippen LogP contribution is -2.34. The van der Waals surface area contributed by atoms with E-state index in [-0.39, 0.29) is 23.3 Å². The van der Waals surface area contributed by atoms with E-state index in [1.165, 1.54) is 12.3 Å². The summed E-state index contributed by atoms with van der Waals surface area (Å²) in [6.45, 7) is 5.43. The summed E-state index contributed by atoms with van der Waals surface area (Å²) in [7, 11) is -3.77. The van der Waals surface area contributed by atoms with Crippen LogP contribution in [0, 0.1) is 5.41 Å². The van der Waals surface area contributed by atoms with Gasteiger partial charge in [-0.15, -0.1) is 0 Å². The van der Waals surface area contributed by atoms with Gasteiger partial charge in [-0.25, -0.2) is 8.42 Å². The van der Waals surface area contributed by atoms with Gasteiger partial charge in [0.2, 0.25) is 0 Å². The van der Waals surface area contributed by atoms with E-state index in [0.29, 0.717) is 0 Å². The predicted molar refractivity (Wildman–Crippen MR) is 66.8 cm³/mol. The summed E-state index contributed by atoms with van der Waals surface area (Å²) in [6, 6.07) is 3.10. The maximum atomic E-state index is 12.1. The monoisotopic (exact) mass is 274 g/mol. The summed E-state index contributed by atoms with van der Waals surface area (Å²) >= 11 is 0. The third-order valence-corrected chi connectivity index (χ3v) is 4.35. The SMILES string of the molecule is CC(C)(C)CC(C(=O)O)S(=O)(=O)Cc1ccco1. The molecule has 0 saturated carbocycles. The zero-order valence-electron chi connectivity index (χ0n) is 10.7. The molecule has 1 atom stereocenters. The number of hydrogen-bond acceptors (Lipinski definition) is 4. The topological polar surface area (TPSA) is 84.6 Å². The van der Waals surface area contributed by atoms with Gasteiger partial charge in [0.25, 0.3) is 0 Å². The number of aliphatic carboxylic acids is 1. The number of hydrogen-bond donors (Lipinski definition) is 1. The molecule has 1 N–H and O–H groups in total. The van der Waals surface area contributed by atoms with Crippen LogP contribution in [0.5, 0.6) is 0 Å². The van der Waals surface area contributed by atoms with Crippen molar-refractivity contribution in [3.05, 3.63) is 24.2 Å². The number of sulfone groups is 1. The standard InChI is InChI=1S/C12H18O5S/c1-12(2,3)7-10(11(13)14)18(15,16)8-9-5-4-6-17-9/h4-6,10H,7-8H2,1-3H3,(H,13,14). The van der Waals surface area contributed by atoms with E-state index in [4.69, 9.17) is 9.52 Å². The number of carboxylic acid groups (broad SMARTS) is 1. The maximum absolute atomic E-state index is 12.1. The van der Waals surface area contributed by atoms with Gasteiger partial charge in [0.05, 0.1) is 6.26 Å². The first-order valence-corrected chi connectivity index (χ1v) is 7.30. The van der Waals surface area contributed by atoms with Gasteiger partial charge in [-0.1, -0.05) is 20.8 Å². The van der Waals surface area contributed by atoms with Crippen molar-refractivity contribution in [3.8, 4) is 0 Å². The van der Waals surface area contributed by atoms with E-state index >= 15 is 0 Å². The predicted octanol–water partition coefficient (Wildman–Crippen LogP) is 2.08. The number of carboxylic acids is 1. The van der Waals surface area contributed by atoms with Crippen LogP contribution in [0.1, 0.15) is 33.0 Å². The molecule has 102 valence electrons. The minimum atomic E-state index is -3.77. The average Bonchev–Trinajstić information content (AvgIpc) is 2.64. The number of carbonyl (C=O) groups is 1. The van der Waals surface area contributed by atoms with Gasteiger partial charge in [0.15, 0.2) is 15.1 Å². The molecule has 0 bridgehead atoms. The van der Waals surface area contributed by atoms with Crippen LogP contribution >= 0.6 is 0 Å². The van der Waals surface area contributed by atoms with E-state index in [0.717, 1.165) is 0 Å². The smallest absolute Gasteiger partial charge is 0.321 e. The van der Waals surface area contributed by atoms with Crippen molar-refractivity contribution in [1.82, 2.24) is 0 Å². The maximum Gasteiger partial charge on any atom is 0.321 e. The summed E-state index contributed by atoms with van der Waals surface area (Å²) in [5.74, 6) is -1.43. The van der Waals surface area contributed by atoms with Crippen molar-refractivity contribution < 1.29 is 22.7 Å². The molecule has 0 fully saturated rings. The van der Waals surface area contributed by atoms with Gasteiger partial charge in [0.1, 0.15) is 11.5 Å². The largest absolute Gasteiger partial charge is 0.480 e. The van der Waals surface area contributed by atoms with Crippen molar-refractivity contribution in [1.29, 1.82) is 0 Å². The first-order chi connectivity index (χ1) is 8.12. The molecule has 0 spiro atoms. The third kappa shape index (κ3) is 4.18. The van der Waals surface area contributed by atoms with Crippen LogP contribution in [-0.4, -0.2) is 24.7 Å². The minimum Gasteiger partial charge on any atom is -0.480 e.